The fraction of sp³-hybridized carbons (Fsp3) is 0.417. The summed E-state index contributed by atoms with van der Waals surface area (Å²) in [6.07, 6.45) is 0.426. The van der Waals surface area contributed by atoms with E-state index < -0.39 is 58.7 Å². The molecule has 2 aromatic carbocycles. The monoisotopic (exact) mass is 675 g/mol. The van der Waals surface area contributed by atoms with Gasteiger partial charge >= 0.3 is 18.0 Å². The molecule has 2 saturated heterocycles. The molecular weight excluding hydrogens is 634 g/mol. The number of alkyl carbamates (subject to hydrolysis) is 1. The van der Waals surface area contributed by atoms with Gasteiger partial charge in [-0.2, -0.15) is 0 Å². The first kappa shape index (κ1) is 34.7. The number of likely N-dealkylation sites (tertiary alicyclic amines) is 1. The summed E-state index contributed by atoms with van der Waals surface area (Å²) < 4.78 is 17.0. The molecule has 5 rings (SSSR count). The van der Waals surface area contributed by atoms with Crippen LogP contribution in [0.3, 0.4) is 0 Å². The van der Waals surface area contributed by atoms with Gasteiger partial charge in [0.15, 0.2) is 12.1 Å². The number of thioether (sulfide) groups is 1. The Morgan fingerprint density at radius 2 is 1.50 bits per heavy atom. The molecule has 0 aromatic heterocycles. The van der Waals surface area contributed by atoms with E-state index in [0.29, 0.717) is 24.1 Å². The average Bonchev–Trinajstić information content (AvgIpc) is 3.35. The summed E-state index contributed by atoms with van der Waals surface area (Å²) in [5.74, 6) is -2.05. The third-order valence-corrected chi connectivity index (χ3v) is 8.83. The van der Waals surface area contributed by atoms with E-state index >= 15 is 0 Å². The van der Waals surface area contributed by atoms with Crippen LogP contribution in [-0.4, -0.2) is 81.4 Å². The second-order valence-electron chi connectivity index (χ2n) is 13.8. The van der Waals surface area contributed by atoms with Crippen LogP contribution in [0.25, 0.3) is 0 Å². The van der Waals surface area contributed by atoms with Gasteiger partial charge in [0.25, 0.3) is 0 Å². The van der Waals surface area contributed by atoms with Crippen molar-refractivity contribution >= 4 is 41.6 Å². The summed E-state index contributed by atoms with van der Waals surface area (Å²) in [7, 11) is 0. The molecule has 3 heterocycles. The van der Waals surface area contributed by atoms with E-state index in [1.807, 2.05) is 60.7 Å². The number of carbonyl (C=O) groups is 5. The van der Waals surface area contributed by atoms with Crippen molar-refractivity contribution in [2.24, 2.45) is 0 Å². The lowest BCUT2D eigenvalue weighted by Crippen LogP contribution is -2.74. The first-order valence-corrected chi connectivity index (χ1v) is 16.7. The number of ether oxygens (including phenoxy) is 3. The Balaban J connectivity index is 1.43. The van der Waals surface area contributed by atoms with E-state index in [9.17, 15) is 24.0 Å². The van der Waals surface area contributed by atoms with Gasteiger partial charge in [-0.05, 0) is 76.1 Å². The molecule has 0 bridgehead atoms. The van der Waals surface area contributed by atoms with Crippen molar-refractivity contribution in [1.82, 2.24) is 15.1 Å². The molecule has 1 N–H and O–H groups in total. The molecule has 0 unspecified atom stereocenters. The van der Waals surface area contributed by atoms with Crippen LogP contribution in [0.4, 0.5) is 4.79 Å². The van der Waals surface area contributed by atoms with Gasteiger partial charge in [-0.1, -0.05) is 60.7 Å². The number of esters is 2. The van der Waals surface area contributed by atoms with Crippen molar-refractivity contribution < 1.29 is 38.2 Å². The van der Waals surface area contributed by atoms with Crippen LogP contribution >= 0.6 is 11.8 Å². The van der Waals surface area contributed by atoms with Crippen molar-refractivity contribution in [2.45, 2.75) is 82.7 Å². The number of rotatable bonds is 8. The van der Waals surface area contributed by atoms with Crippen LogP contribution in [0.15, 0.2) is 83.3 Å². The summed E-state index contributed by atoms with van der Waals surface area (Å²) in [4.78, 5) is 69.1. The van der Waals surface area contributed by atoms with E-state index in [0.717, 1.165) is 11.1 Å². The number of β-lactam (4-membered cyclic amide) rings is 1. The first-order chi connectivity index (χ1) is 22.6. The quantitative estimate of drug-likeness (QED) is 0.180. The van der Waals surface area contributed by atoms with Crippen LogP contribution in [0.2, 0.25) is 0 Å². The molecule has 11 nitrogen and oxygen atoms in total. The normalized spacial score (nSPS) is 21.8. The number of fused-ring (bicyclic) bond motifs is 1. The van der Waals surface area contributed by atoms with Gasteiger partial charge in [0.1, 0.15) is 29.2 Å². The smallest absolute Gasteiger partial charge is 0.408 e. The lowest BCUT2D eigenvalue weighted by atomic mass is 9.95. The Hall–Kier alpha value is -4.58. The fourth-order valence-electron chi connectivity index (χ4n) is 5.66. The molecule has 0 spiro atoms. The van der Waals surface area contributed by atoms with Crippen molar-refractivity contribution in [3.63, 3.8) is 0 Å². The van der Waals surface area contributed by atoms with Gasteiger partial charge < -0.3 is 29.3 Å². The highest BCUT2D eigenvalue weighted by Gasteiger charge is 2.56. The van der Waals surface area contributed by atoms with Crippen molar-refractivity contribution in [3.05, 3.63) is 94.4 Å². The van der Waals surface area contributed by atoms with Gasteiger partial charge in [-0.15, -0.1) is 11.8 Å². The predicted molar refractivity (Wildman–Crippen MR) is 179 cm³/mol. The molecule has 2 fully saturated rings. The minimum atomic E-state index is -1.20. The number of hydrogen-bond donors (Lipinski definition) is 1. The second kappa shape index (κ2) is 13.9. The molecule has 0 radical (unpaired) electrons. The standard InChI is InChI=1S/C36H41N3O8S/c1-35(2,3)46-26(40)20-38-18-17-24(30(38)41)19-25-21-48-32-27(37-34(44)47-36(4,5)6)31(42)39(32)28(25)33(43)45-29(22-13-9-7-10-14-22)23-15-11-8-12-16-23/h7-16,19,21,27-29,32H,17-18,20H2,1-6H3,(H,37,44)/b24-19+/t27-,28-,32-/m1/s1. The lowest BCUT2D eigenvalue weighted by molar-refractivity contribution is -0.164. The summed E-state index contributed by atoms with van der Waals surface area (Å²) in [5, 5.41) is 3.75. The molecule has 48 heavy (non-hydrogen) atoms. The van der Waals surface area contributed by atoms with Gasteiger partial charge in [-0.25, -0.2) is 9.59 Å². The second-order valence-corrected chi connectivity index (χ2v) is 14.8. The zero-order chi connectivity index (χ0) is 34.8. The number of benzene rings is 2. The molecule has 3 aliphatic heterocycles. The maximum Gasteiger partial charge on any atom is 0.408 e. The number of carbonyl (C=O) groups excluding carboxylic acids is 5. The predicted octanol–water partition coefficient (Wildman–Crippen LogP) is 4.88. The number of nitrogens with zero attached hydrogens (tertiary/aromatic N) is 2. The Morgan fingerprint density at radius 3 is 2.06 bits per heavy atom. The summed E-state index contributed by atoms with van der Waals surface area (Å²) in [6, 6.07) is 16.4. The van der Waals surface area contributed by atoms with Crippen LogP contribution < -0.4 is 5.32 Å². The zero-order valence-corrected chi connectivity index (χ0v) is 28.7. The Labute approximate surface area is 284 Å². The van der Waals surface area contributed by atoms with Gasteiger partial charge in [0, 0.05) is 12.1 Å². The molecule has 3 amide bonds. The highest BCUT2D eigenvalue weighted by Crippen LogP contribution is 2.42. The van der Waals surface area contributed by atoms with E-state index in [1.54, 1.807) is 53.0 Å². The SMILES string of the molecule is CC(C)(C)OC(=O)CN1CC/C(=C\C2=CS[C@@H]3[C@H](NC(=O)OC(C)(C)C)C(=O)N3[C@H]2C(=O)OC(c2ccccc2)c2ccccc2)C1=O. The molecule has 0 aliphatic carbocycles. The summed E-state index contributed by atoms with van der Waals surface area (Å²) in [6.45, 7) is 10.5. The van der Waals surface area contributed by atoms with Crippen LogP contribution in [0.1, 0.15) is 65.2 Å². The summed E-state index contributed by atoms with van der Waals surface area (Å²) in [5.41, 5.74) is 0.811. The highest BCUT2D eigenvalue weighted by molar-refractivity contribution is 8.03. The highest BCUT2D eigenvalue weighted by atomic mass is 32.2. The molecule has 2 aromatic rings. The fourth-order valence-corrected chi connectivity index (χ4v) is 6.85. The van der Waals surface area contributed by atoms with Crippen molar-refractivity contribution in [2.75, 3.05) is 13.1 Å². The number of amides is 3. The maximum absolute atomic E-state index is 14.3. The maximum atomic E-state index is 14.3. The Kier molecular flexibility index (Phi) is 10.0. The number of nitrogens with one attached hydrogen (secondary N) is 1. The molecule has 3 atom stereocenters. The van der Waals surface area contributed by atoms with Crippen molar-refractivity contribution in [1.29, 1.82) is 0 Å². The average molecular weight is 676 g/mol. The van der Waals surface area contributed by atoms with Crippen LogP contribution in [0.5, 0.6) is 0 Å². The Morgan fingerprint density at radius 1 is 0.917 bits per heavy atom. The van der Waals surface area contributed by atoms with Crippen LogP contribution in [-0.2, 0) is 33.4 Å². The molecule has 12 heteroatoms. The molecule has 0 saturated carbocycles. The van der Waals surface area contributed by atoms with Gasteiger partial charge in [-0.3, -0.25) is 14.4 Å². The van der Waals surface area contributed by atoms with Gasteiger partial charge in [0.2, 0.25) is 11.8 Å². The summed E-state index contributed by atoms with van der Waals surface area (Å²) >= 11 is 1.25. The first-order valence-electron chi connectivity index (χ1n) is 15.8. The Bertz CT molecular complexity index is 1590. The zero-order valence-electron chi connectivity index (χ0n) is 27.9. The van der Waals surface area contributed by atoms with Crippen LogP contribution in [0, 0.1) is 0 Å². The lowest BCUT2D eigenvalue weighted by Gasteiger charge is -2.51. The minimum absolute atomic E-state index is 0.201. The molecule has 254 valence electrons. The van der Waals surface area contributed by atoms with E-state index in [-0.39, 0.29) is 12.5 Å². The third-order valence-electron chi connectivity index (χ3n) is 7.65. The third kappa shape index (κ3) is 8.10. The number of hydrogen-bond acceptors (Lipinski definition) is 9. The largest absolute Gasteiger partial charge is 0.459 e. The topological polar surface area (TPSA) is 132 Å². The van der Waals surface area contributed by atoms with E-state index in [2.05, 4.69) is 5.32 Å². The minimum Gasteiger partial charge on any atom is -0.459 e. The van der Waals surface area contributed by atoms with Crippen molar-refractivity contribution in [3.8, 4) is 0 Å². The van der Waals surface area contributed by atoms with Gasteiger partial charge in [0.05, 0.1) is 0 Å². The molecular formula is C36H41N3O8S. The van der Waals surface area contributed by atoms with E-state index in [4.69, 9.17) is 14.2 Å². The molecule has 3 aliphatic rings. The van der Waals surface area contributed by atoms with E-state index in [1.165, 1.54) is 21.6 Å².